The Morgan fingerprint density at radius 3 is 0.891 bits per heavy atom. The van der Waals surface area contributed by atoms with Crippen molar-refractivity contribution in [2.45, 2.75) is 10.8 Å². The Morgan fingerprint density at radius 1 is 0.266 bits per heavy atom. The van der Waals surface area contributed by atoms with E-state index in [1.54, 1.807) is 0 Å². The molecule has 0 aliphatic heterocycles. The quantitative estimate of drug-likeness (QED) is 0.145. The smallest absolute Gasteiger partial charge is 0.0936 e. The molecule has 0 spiro atoms. The minimum absolute atomic E-state index is 0.845. The van der Waals surface area contributed by atoms with Gasteiger partial charge in [0.1, 0.15) is 0 Å². The molecule has 4 aromatic heterocycles. The zero-order valence-electron chi connectivity index (χ0n) is 34.8. The third-order valence-electron chi connectivity index (χ3n) is 13.0. The summed E-state index contributed by atoms with van der Waals surface area (Å²) in [6.07, 6.45) is 7.79. The lowest BCUT2D eigenvalue weighted by Crippen LogP contribution is -2.50. The van der Waals surface area contributed by atoms with Crippen LogP contribution in [0, 0.1) is 0 Å². The summed E-state index contributed by atoms with van der Waals surface area (Å²) in [5.41, 5.74) is 13.9. The molecule has 6 nitrogen and oxygen atoms in total. The predicted octanol–water partition coefficient (Wildman–Crippen LogP) is 13.5. The van der Waals surface area contributed by atoms with Gasteiger partial charge in [-0.05, 0) is 106 Å². The number of hydrogen-bond acceptors (Lipinski definition) is 6. The van der Waals surface area contributed by atoms with Crippen molar-refractivity contribution in [1.29, 1.82) is 0 Å². The number of rotatable bonds is 9. The van der Waals surface area contributed by atoms with Crippen molar-refractivity contribution in [2.24, 2.45) is 0 Å². The molecule has 0 bridgehead atoms. The molecule has 6 heteroatoms. The Labute approximate surface area is 372 Å². The molecule has 10 aromatic rings. The van der Waals surface area contributed by atoms with Crippen LogP contribution in [-0.2, 0) is 10.8 Å². The minimum atomic E-state index is -0.968. The van der Waals surface area contributed by atoms with Crippen LogP contribution in [-0.4, -0.2) is 19.9 Å². The predicted molar refractivity (Wildman–Crippen MR) is 257 cm³/mol. The Kier molecular flexibility index (Phi) is 8.83. The van der Waals surface area contributed by atoms with Crippen molar-refractivity contribution < 1.29 is 0 Å². The molecule has 12 rings (SSSR count). The van der Waals surface area contributed by atoms with Gasteiger partial charge in [0.25, 0.3) is 0 Å². The highest BCUT2D eigenvalue weighted by Crippen LogP contribution is 2.69. The van der Waals surface area contributed by atoms with Crippen molar-refractivity contribution in [3.63, 3.8) is 0 Å². The average molecular weight is 821 g/mol. The van der Waals surface area contributed by atoms with E-state index < -0.39 is 10.8 Å². The molecule has 0 fully saturated rings. The first-order chi connectivity index (χ1) is 31.8. The normalized spacial score (nSPS) is 16.6. The summed E-state index contributed by atoms with van der Waals surface area (Å²) < 4.78 is 0. The maximum absolute atomic E-state index is 5.48. The monoisotopic (exact) mass is 820 g/mol. The Bertz CT molecular complexity index is 2970. The number of nitrogens with zero attached hydrogens (tertiary/aromatic N) is 6. The van der Waals surface area contributed by atoms with Gasteiger partial charge in [-0.3, -0.25) is 19.9 Å². The second-order valence-electron chi connectivity index (χ2n) is 16.2. The second kappa shape index (κ2) is 15.2. The second-order valence-corrected chi connectivity index (χ2v) is 16.2. The van der Waals surface area contributed by atoms with E-state index >= 15 is 0 Å². The maximum Gasteiger partial charge on any atom is 0.0936 e. The van der Waals surface area contributed by atoms with E-state index in [1.165, 1.54) is 0 Å². The van der Waals surface area contributed by atoms with Crippen molar-refractivity contribution in [3.05, 3.63) is 277 Å². The number of para-hydroxylation sites is 4. The largest absolute Gasteiger partial charge is 0.309 e. The Hall–Kier alpha value is -8.48. The van der Waals surface area contributed by atoms with Gasteiger partial charge in [0.2, 0.25) is 0 Å². The molecule has 4 heterocycles. The number of hydrogen-bond donors (Lipinski definition) is 0. The van der Waals surface area contributed by atoms with Crippen LogP contribution in [0.15, 0.2) is 243 Å². The van der Waals surface area contributed by atoms with Crippen molar-refractivity contribution in [3.8, 4) is 22.8 Å². The summed E-state index contributed by atoms with van der Waals surface area (Å²) in [6, 6.07) is 77.5. The molecule has 302 valence electrons. The van der Waals surface area contributed by atoms with Gasteiger partial charge in [-0.1, -0.05) is 146 Å². The first-order valence-electron chi connectivity index (χ1n) is 21.6. The highest BCUT2D eigenvalue weighted by atomic mass is 15.2. The third kappa shape index (κ3) is 5.45. The van der Waals surface area contributed by atoms with E-state index in [4.69, 9.17) is 19.9 Å². The van der Waals surface area contributed by atoms with Crippen LogP contribution < -0.4 is 9.80 Å². The van der Waals surface area contributed by atoms with Gasteiger partial charge < -0.3 is 9.80 Å². The van der Waals surface area contributed by atoms with Gasteiger partial charge in [-0.15, -0.1) is 0 Å². The van der Waals surface area contributed by atoms with Crippen molar-refractivity contribution in [2.75, 3.05) is 9.80 Å². The third-order valence-corrected chi connectivity index (χ3v) is 13.0. The number of aromatic nitrogens is 4. The molecule has 2 aliphatic rings. The Balaban J connectivity index is 1.24. The number of benzene rings is 6. The molecule has 0 saturated carbocycles. The van der Waals surface area contributed by atoms with Crippen molar-refractivity contribution >= 4 is 34.1 Å². The van der Waals surface area contributed by atoms with Crippen LogP contribution in [0.2, 0.25) is 0 Å². The lowest BCUT2D eigenvalue weighted by molar-refractivity contribution is 0.435. The van der Waals surface area contributed by atoms with E-state index in [9.17, 15) is 0 Å². The highest BCUT2D eigenvalue weighted by Gasteiger charge is 2.66. The zero-order valence-corrected chi connectivity index (χ0v) is 34.8. The summed E-state index contributed by atoms with van der Waals surface area (Å²) in [5, 5.41) is 0. The van der Waals surface area contributed by atoms with Gasteiger partial charge >= 0.3 is 0 Å². The molecular weight excluding hydrogens is 781 g/mol. The summed E-state index contributed by atoms with van der Waals surface area (Å²) in [6.45, 7) is 0. The standard InChI is InChI=1S/C58H40N6/c1-7-21-41(22-8-1)57(49-33-19-35-59-53(49)55-51(57)37-47(39-61-55)63(43-25-11-3-12-26-43)44-27-13-4-14-28-44)58(42-23-9-2-10-24-42)50-34-20-36-60-54(50)56-52(58)38-48(40-62-56)64(45-29-15-5-16-30-45)46-31-17-6-18-32-46/h1-40H. The molecule has 6 aromatic carbocycles. The van der Waals surface area contributed by atoms with Crippen LogP contribution in [0.5, 0.6) is 0 Å². The summed E-state index contributed by atoms with van der Waals surface area (Å²) in [5.74, 6) is 0. The average Bonchev–Trinajstić information content (AvgIpc) is 3.84. The fraction of sp³-hybridized carbons (Fsp3) is 0.0345. The Morgan fingerprint density at radius 2 is 0.562 bits per heavy atom. The molecule has 0 radical (unpaired) electrons. The first kappa shape index (κ1) is 37.3. The van der Waals surface area contributed by atoms with E-state index in [-0.39, 0.29) is 0 Å². The summed E-state index contributed by atoms with van der Waals surface area (Å²) >= 11 is 0. The van der Waals surface area contributed by atoms with Crippen molar-refractivity contribution in [1.82, 2.24) is 19.9 Å². The molecule has 2 atom stereocenters. The molecule has 0 N–H and O–H groups in total. The molecule has 2 unspecified atom stereocenters. The van der Waals surface area contributed by atoms with Crippen LogP contribution in [0.4, 0.5) is 34.1 Å². The molecule has 0 saturated heterocycles. The molecule has 2 aliphatic carbocycles. The lowest BCUT2D eigenvalue weighted by Gasteiger charge is -2.50. The number of fused-ring (bicyclic) bond motifs is 6. The topological polar surface area (TPSA) is 58.0 Å². The first-order valence-corrected chi connectivity index (χ1v) is 21.6. The molecule has 0 amide bonds. The zero-order chi connectivity index (χ0) is 42.5. The van der Waals surface area contributed by atoms with E-state index in [1.807, 2.05) is 24.8 Å². The van der Waals surface area contributed by atoms with Crippen LogP contribution in [0.3, 0.4) is 0 Å². The highest BCUT2D eigenvalue weighted by molar-refractivity contribution is 5.92. The van der Waals surface area contributed by atoms with E-state index in [2.05, 4.69) is 228 Å². The van der Waals surface area contributed by atoms with E-state index in [0.717, 1.165) is 90.3 Å². The van der Waals surface area contributed by atoms with E-state index in [0.29, 0.717) is 0 Å². The number of anilines is 6. The van der Waals surface area contributed by atoms with Gasteiger partial charge in [-0.25, -0.2) is 0 Å². The fourth-order valence-electron chi connectivity index (χ4n) is 10.6. The van der Waals surface area contributed by atoms with Crippen LogP contribution in [0.1, 0.15) is 33.4 Å². The summed E-state index contributed by atoms with van der Waals surface area (Å²) in [7, 11) is 0. The maximum atomic E-state index is 5.48. The number of pyridine rings is 4. The SMILES string of the molecule is c1ccc(N(c2ccccc2)c2cnc3c(c2)C(c2ccccc2)(C2(c4ccccc4)c4cccnc4-c4ncc(N(c5ccccc5)c5ccccc5)cc42)c2cccnc2-3)cc1. The van der Waals surface area contributed by atoms with Gasteiger partial charge in [0.05, 0.1) is 57.4 Å². The fourth-order valence-corrected chi connectivity index (χ4v) is 10.6. The van der Waals surface area contributed by atoms with Crippen LogP contribution >= 0.6 is 0 Å². The van der Waals surface area contributed by atoms with Crippen LogP contribution in [0.25, 0.3) is 22.8 Å². The minimum Gasteiger partial charge on any atom is -0.309 e. The summed E-state index contributed by atoms with van der Waals surface area (Å²) in [4.78, 5) is 26.0. The molecule has 64 heavy (non-hydrogen) atoms. The molecular formula is C58H40N6. The van der Waals surface area contributed by atoms with Gasteiger partial charge in [0.15, 0.2) is 0 Å². The van der Waals surface area contributed by atoms with Gasteiger partial charge in [0, 0.05) is 35.1 Å². The lowest BCUT2D eigenvalue weighted by atomic mass is 9.49. The van der Waals surface area contributed by atoms with Gasteiger partial charge in [-0.2, -0.15) is 0 Å².